The van der Waals surface area contributed by atoms with Gasteiger partial charge in [-0.3, -0.25) is 0 Å². The molecule has 3 rings (SSSR count). The van der Waals surface area contributed by atoms with Crippen molar-refractivity contribution in [2.75, 3.05) is 39.5 Å². The van der Waals surface area contributed by atoms with E-state index in [-0.39, 0.29) is 0 Å². The Kier molecular flexibility index (Phi) is 6.48. The molecule has 2 aromatic carbocycles. The van der Waals surface area contributed by atoms with Gasteiger partial charge in [0.2, 0.25) is 0 Å². The predicted octanol–water partition coefficient (Wildman–Crippen LogP) is 3.90. The molecule has 5 nitrogen and oxygen atoms in total. The molecular formula is C24H27N5. The second kappa shape index (κ2) is 9.22. The number of fused-ring (bicyclic) bond motifs is 1. The number of likely N-dealkylation sites (N-methyl/N-ethyl adjacent to an activating group) is 2. The second-order valence-electron chi connectivity index (χ2n) is 7.39. The van der Waals surface area contributed by atoms with E-state index in [9.17, 15) is 0 Å². The number of hydrogen-bond donors (Lipinski definition) is 1. The summed E-state index contributed by atoms with van der Waals surface area (Å²) in [5, 5.41) is 4.34. The number of rotatable bonds is 8. The Labute approximate surface area is 173 Å². The van der Waals surface area contributed by atoms with Gasteiger partial charge in [-0.2, -0.15) is 0 Å². The monoisotopic (exact) mass is 385 g/mol. The predicted molar refractivity (Wildman–Crippen MR) is 121 cm³/mol. The number of allylic oxidation sites excluding steroid dienone is 1. The van der Waals surface area contributed by atoms with Crippen LogP contribution in [-0.4, -0.2) is 54.0 Å². The van der Waals surface area contributed by atoms with Crippen molar-refractivity contribution in [3.8, 4) is 12.3 Å². The summed E-state index contributed by atoms with van der Waals surface area (Å²) in [4.78, 5) is 13.2. The third kappa shape index (κ3) is 5.34. The first kappa shape index (κ1) is 20.4. The van der Waals surface area contributed by atoms with Gasteiger partial charge in [0.15, 0.2) is 0 Å². The van der Waals surface area contributed by atoms with Gasteiger partial charge < -0.3 is 15.1 Å². The van der Waals surface area contributed by atoms with E-state index in [1.807, 2.05) is 30.3 Å². The molecule has 0 amide bonds. The first-order valence-corrected chi connectivity index (χ1v) is 9.57. The van der Waals surface area contributed by atoms with Crippen molar-refractivity contribution in [3.63, 3.8) is 0 Å². The Morgan fingerprint density at radius 1 is 1.10 bits per heavy atom. The molecule has 0 bridgehead atoms. The number of anilines is 2. The van der Waals surface area contributed by atoms with E-state index < -0.39 is 0 Å². The number of aromatic nitrogens is 2. The highest BCUT2D eigenvalue weighted by atomic mass is 15.2. The van der Waals surface area contributed by atoms with Crippen molar-refractivity contribution in [3.05, 3.63) is 72.2 Å². The van der Waals surface area contributed by atoms with E-state index in [1.165, 1.54) is 5.56 Å². The van der Waals surface area contributed by atoms with Gasteiger partial charge in [0, 0.05) is 48.9 Å². The lowest BCUT2D eigenvalue weighted by Crippen LogP contribution is -2.28. The van der Waals surface area contributed by atoms with Crippen LogP contribution in [0.5, 0.6) is 0 Å². The quantitative estimate of drug-likeness (QED) is 0.596. The molecule has 0 aliphatic heterocycles. The fourth-order valence-corrected chi connectivity index (χ4v) is 3.02. The van der Waals surface area contributed by atoms with Gasteiger partial charge in [-0.15, -0.1) is 6.42 Å². The minimum atomic E-state index is 0.762. The Morgan fingerprint density at radius 2 is 1.93 bits per heavy atom. The minimum absolute atomic E-state index is 0.762. The van der Waals surface area contributed by atoms with Crippen molar-refractivity contribution < 1.29 is 0 Å². The van der Waals surface area contributed by atoms with Gasteiger partial charge in [0.25, 0.3) is 0 Å². The summed E-state index contributed by atoms with van der Waals surface area (Å²) in [5.41, 5.74) is 4.88. The smallest absolute Gasteiger partial charge is 0.141 e. The van der Waals surface area contributed by atoms with Crippen LogP contribution in [0.25, 0.3) is 10.9 Å². The standard InChI is InChI=1S/C24H27N5/c1-6-19-8-7-9-21(15-19)27-24-22-16-20(10-11-23(22)25-17-26-24)14-18(2)29(5)13-12-28(3)4/h1,7-11,15-17H,2,12-14H2,3-5H3,(H,25,26,27). The molecule has 5 heteroatoms. The minimum Gasteiger partial charge on any atom is -0.377 e. The van der Waals surface area contributed by atoms with Gasteiger partial charge in [0.1, 0.15) is 12.1 Å². The van der Waals surface area contributed by atoms with E-state index in [4.69, 9.17) is 6.42 Å². The maximum absolute atomic E-state index is 5.51. The van der Waals surface area contributed by atoms with Crippen LogP contribution in [0.3, 0.4) is 0 Å². The Hall–Kier alpha value is -3.36. The van der Waals surface area contributed by atoms with E-state index >= 15 is 0 Å². The molecule has 0 atom stereocenters. The van der Waals surface area contributed by atoms with E-state index in [1.54, 1.807) is 6.33 Å². The van der Waals surface area contributed by atoms with Gasteiger partial charge in [-0.1, -0.05) is 24.6 Å². The van der Waals surface area contributed by atoms with E-state index in [0.29, 0.717) is 0 Å². The second-order valence-corrected chi connectivity index (χ2v) is 7.39. The summed E-state index contributed by atoms with van der Waals surface area (Å²) >= 11 is 0. The number of benzene rings is 2. The van der Waals surface area contributed by atoms with Gasteiger partial charge in [-0.25, -0.2) is 9.97 Å². The third-order valence-electron chi connectivity index (χ3n) is 4.82. The average Bonchev–Trinajstić information content (AvgIpc) is 2.72. The van der Waals surface area contributed by atoms with Crippen LogP contribution in [0.1, 0.15) is 11.1 Å². The highest BCUT2D eigenvalue weighted by molar-refractivity contribution is 5.91. The van der Waals surface area contributed by atoms with Gasteiger partial charge >= 0.3 is 0 Å². The van der Waals surface area contributed by atoms with Crippen molar-refractivity contribution in [2.24, 2.45) is 0 Å². The van der Waals surface area contributed by atoms with Crippen LogP contribution in [0.15, 0.2) is 61.1 Å². The van der Waals surface area contributed by atoms with Crippen molar-refractivity contribution in [1.82, 2.24) is 19.8 Å². The fourth-order valence-electron chi connectivity index (χ4n) is 3.02. The summed E-state index contributed by atoms with van der Waals surface area (Å²) in [6.45, 7) is 6.20. The van der Waals surface area contributed by atoms with E-state index in [0.717, 1.165) is 53.2 Å². The lowest BCUT2D eigenvalue weighted by Gasteiger charge is -2.23. The molecular weight excluding hydrogens is 358 g/mol. The molecule has 29 heavy (non-hydrogen) atoms. The van der Waals surface area contributed by atoms with Gasteiger partial charge in [0.05, 0.1) is 5.52 Å². The van der Waals surface area contributed by atoms with Crippen LogP contribution in [-0.2, 0) is 6.42 Å². The highest BCUT2D eigenvalue weighted by Gasteiger charge is 2.09. The third-order valence-corrected chi connectivity index (χ3v) is 4.82. The molecule has 0 radical (unpaired) electrons. The van der Waals surface area contributed by atoms with Crippen LogP contribution < -0.4 is 5.32 Å². The average molecular weight is 386 g/mol. The zero-order chi connectivity index (χ0) is 20.8. The number of nitrogens with zero attached hydrogens (tertiary/aromatic N) is 4. The molecule has 0 unspecified atom stereocenters. The first-order chi connectivity index (χ1) is 14.0. The zero-order valence-corrected chi connectivity index (χ0v) is 17.3. The molecule has 3 aromatic rings. The lowest BCUT2D eigenvalue weighted by molar-refractivity contribution is 0.323. The maximum Gasteiger partial charge on any atom is 0.141 e. The molecule has 0 fully saturated rings. The van der Waals surface area contributed by atoms with Crippen molar-refractivity contribution in [2.45, 2.75) is 6.42 Å². The highest BCUT2D eigenvalue weighted by Crippen LogP contribution is 2.25. The molecule has 0 spiro atoms. The van der Waals surface area contributed by atoms with Crippen LogP contribution in [0, 0.1) is 12.3 Å². The topological polar surface area (TPSA) is 44.3 Å². The van der Waals surface area contributed by atoms with Crippen LogP contribution >= 0.6 is 0 Å². The number of nitrogens with one attached hydrogen (secondary N) is 1. The normalized spacial score (nSPS) is 10.7. The molecule has 148 valence electrons. The van der Waals surface area contributed by atoms with Crippen LogP contribution in [0.2, 0.25) is 0 Å². The maximum atomic E-state index is 5.51. The molecule has 0 saturated heterocycles. The molecule has 0 aliphatic carbocycles. The molecule has 1 heterocycles. The molecule has 1 aromatic heterocycles. The molecule has 1 N–H and O–H groups in total. The summed E-state index contributed by atoms with van der Waals surface area (Å²) in [6.07, 6.45) is 7.86. The van der Waals surface area contributed by atoms with Crippen molar-refractivity contribution in [1.29, 1.82) is 0 Å². The van der Waals surface area contributed by atoms with Crippen LogP contribution in [0.4, 0.5) is 11.5 Å². The Bertz CT molecular complexity index is 1050. The fraction of sp³-hybridized carbons (Fsp3) is 0.250. The number of hydrogen-bond acceptors (Lipinski definition) is 5. The van der Waals surface area contributed by atoms with Gasteiger partial charge in [-0.05, 0) is 50.0 Å². The summed E-state index contributed by atoms with van der Waals surface area (Å²) in [7, 11) is 6.24. The largest absolute Gasteiger partial charge is 0.377 e. The number of terminal acetylenes is 1. The summed E-state index contributed by atoms with van der Waals surface area (Å²) < 4.78 is 0. The first-order valence-electron chi connectivity index (χ1n) is 9.57. The Balaban J connectivity index is 1.82. The van der Waals surface area contributed by atoms with E-state index in [2.05, 4.69) is 70.9 Å². The lowest BCUT2D eigenvalue weighted by atomic mass is 10.1. The summed E-state index contributed by atoms with van der Waals surface area (Å²) in [5.74, 6) is 3.42. The SMILES string of the molecule is C#Cc1cccc(Nc2ncnc3ccc(CC(=C)N(C)CCN(C)C)cc23)c1. The van der Waals surface area contributed by atoms with Crippen molar-refractivity contribution >= 4 is 22.4 Å². The summed E-state index contributed by atoms with van der Waals surface area (Å²) in [6, 6.07) is 14.0. The Morgan fingerprint density at radius 3 is 2.69 bits per heavy atom. The molecule has 0 aliphatic rings. The zero-order valence-electron chi connectivity index (χ0n) is 17.3. The molecule has 0 saturated carbocycles.